The highest BCUT2D eigenvalue weighted by Gasteiger charge is 2.03. The minimum absolute atomic E-state index is 0.0262. The number of alkyl halides is 1. The number of halogens is 2. The van der Waals surface area contributed by atoms with E-state index in [1.54, 1.807) is 24.3 Å². The van der Waals surface area contributed by atoms with Gasteiger partial charge in [-0.05, 0) is 12.1 Å². The molecule has 0 atom stereocenters. The maximum atomic E-state index is 11.8. The molecule has 0 amide bonds. The standard InChI is InChI=1S/C9H8BrFO/c10-8-3-1-7(2-4-8)9(12)5-6-11/h1-4H,5-6H2. The van der Waals surface area contributed by atoms with Crippen molar-refractivity contribution in [3.63, 3.8) is 0 Å². The third-order valence-corrected chi connectivity index (χ3v) is 2.02. The van der Waals surface area contributed by atoms with Crippen LogP contribution in [0.1, 0.15) is 16.8 Å². The van der Waals surface area contributed by atoms with Gasteiger partial charge in [-0.1, -0.05) is 28.1 Å². The van der Waals surface area contributed by atoms with Crippen molar-refractivity contribution in [2.75, 3.05) is 6.67 Å². The largest absolute Gasteiger partial charge is 0.294 e. The quantitative estimate of drug-likeness (QED) is 0.731. The van der Waals surface area contributed by atoms with Crippen LogP contribution < -0.4 is 0 Å². The Labute approximate surface area is 78.7 Å². The number of rotatable bonds is 3. The Morgan fingerprint density at radius 3 is 2.42 bits per heavy atom. The molecule has 0 aliphatic rings. The number of hydrogen-bond donors (Lipinski definition) is 0. The summed E-state index contributed by atoms with van der Waals surface area (Å²) in [6.45, 7) is -0.588. The van der Waals surface area contributed by atoms with E-state index in [1.165, 1.54) is 0 Å². The van der Waals surface area contributed by atoms with Crippen LogP contribution in [0.15, 0.2) is 28.7 Å². The van der Waals surface area contributed by atoms with Crippen LogP contribution in [0, 0.1) is 0 Å². The van der Waals surface area contributed by atoms with Crippen LogP contribution in [0.4, 0.5) is 4.39 Å². The smallest absolute Gasteiger partial charge is 0.165 e. The number of benzene rings is 1. The number of Topliss-reactive ketones (excluding diaryl/α,β-unsaturated/α-hetero) is 1. The molecule has 0 saturated carbocycles. The van der Waals surface area contributed by atoms with Crippen LogP contribution in [0.5, 0.6) is 0 Å². The van der Waals surface area contributed by atoms with E-state index < -0.39 is 6.67 Å². The first-order valence-corrected chi connectivity index (χ1v) is 4.38. The van der Waals surface area contributed by atoms with Gasteiger partial charge in [0.15, 0.2) is 5.78 Å². The van der Waals surface area contributed by atoms with Gasteiger partial charge in [-0.2, -0.15) is 0 Å². The summed E-state index contributed by atoms with van der Waals surface area (Å²) < 4.78 is 12.7. The van der Waals surface area contributed by atoms with Crippen molar-refractivity contribution in [2.45, 2.75) is 6.42 Å². The molecule has 0 unspecified atom stereocenters. The zero-order valence-corrected chi connectivity index (χ0v) is 7.97. The molecule has 0 bridgehead atoms. The van der Waals surface area contributed by atoms with E-state index in [0.29, 0.717) is 5.56 Å². The third-order valence-electron chi connectivity index (χ3n) is 1.49. The summed E-state index contributed by atoms with van der Waals surface area (Å²) in [5.74, 6) is -0.148. The Morgan fingerprint density at radius 2 is 1.92 bits per heavy atom. The summed E-state index contributed by atoms with van der Waals surface area (Å²) in [7, 11) is 0. The summed E-state index contributed by atoms with van der Waals surface area (Å²) in [4.78, 5) is 11.1. The lowest BCUT2D eigenvalue weighted by atomic mass is 10.1. The van der Waals surface area contributed by atoms with Crippen molar-refractivity contribution in [1.82, 2.24) is 0 Å². The molecule has 0 spiro atoms. The molecule has 1 rings (SSSR count). The minimum Gasteiger partial charge on any atom is -0.294 e. The highest BCUT2D eigenvalue weighted by atomic mass is 79.9. The molecular weight excluding hydrogens is 223 g/mol. The van der Waals surface area contributed by atoms with Crippen LogP contribution in [-0.2, 0) is 0 Å². The van der Waals surface area contributed by atoms with Gasteiger partial charge in [0.2, 0.25) is 0 Å². The van der Waals surface area contributed by atoms with E-state index in [-0.39, 0.29) is 12.2 Å². The lowest BCUT2D eigenvalue weighted by Gasteiger charge is -1.97. The van der Waals surface area contributed by atoms with E-state index in [4.69, 9.17) is 0 Å². The molecule has 0 aliphatic heterocycles. The number of carbonyl (C=O) groups is 1. The third kappa shape index (κ3) is 2.41. The molecule has 0 fully saturated rings. The predicted octanol–water partition coefficient (Wildman–Crippen LogP) is 2.99. The second-order valence-corrected chi connectivity index (χ2v) is 3.28. The van der Waals surface area contributed by atoms with Crippen molar-refractivity contribution < 1.29 is 9.18 Å². The van der Waals surface area contributed by atoms with Crippen molar-refractivity contribution in [3.05, 3.63) is 34.3 Å². The second kappa shape index (κ2) is 4.36. The molecule has 12 heavy (non-hydrogen) atoms. The average molecular weight is 231 g/mol. The SMILES string of the molecule is O=C(CCF)c1ccc(Br)cc1. The molecule has 1 aromatic rings. The monoisotopic (exact) mass is 230 g/mol. The van der Waals surface area contributed by atoms with Gasteiger partial charge in [-0.25, -0.2) is 0 Å². The van der Waals surface area contributed by atoms with Crippen molar-refractivity contribution in [1.29, 1.82) is 0 Å². The minimum atomic E-state index is -0.588. The first-order chi connectivity index (χ1) is 5.74. The van der Waals surface area contributed by atoms with Crippen molar-refractivity contribution in [2.24, 2.45) is 0 Å². The summed E-state index contributed by atoms with van der Waals surface area (Å²) >= 11 is 3.25. The predicted molar refractivity (Wildman–Crippen MR) is 49.1 cm³/mol. The van der Waals surface area contributed by atoms with Gasteiger partial charge < -0.3 is 0 Å². The van der Waals surface area contributed by atoms with Crippen LogP contribution in [-0.4, -0.2) is 12.5 Å². The van der Waals surface area contributed by atoms with Crippen LogP contribution in [0.2, 0.25) is 0 Å². The van der Waals surface area contributed by atoms with Gasteiger partial charge in [0.1, 0.15) is 0 Å². The Morgan fingerprint density at radius 1 is 1.33 bits per heavy atom. The zero-order chi connectivity index (χ0) is 8.97. The van der Waals surface area contributed by atoms with Gasteiger partial charge in [-0.15, -0.1) is 0 Å². The molecule has 0 aromatic heterocycles. The lowest BCUT2D eigenvalue weighted by molar-refractivity contribution is 0.0974. The highest BCUT2D eigenvalue weighted by Crippen LogP contribution is 2.11. The maximum Gasteiger partial charge on any atom is 0.165 e. The summed E-state index contributed by atoms with van der Waals surface area (Å²) in [6.07, 6.45) is -0.0262. The topological polar surface area (TPSA) is 17.1 Å². The van der Waals surface area contributed by atoms with Crippen LogP contribution in [0.25, 0.3) is 0 Å². The van der Waals surface area contributed by atoms with Gasteiger partial charge >= 0.3 is 0 Å². The molecule has 0 heterocycles. The second-order valence-electron chi connectivity index (χ2n) is 2.37. The maximum absolute atomic E-state index is 11.8. The summed E-state index contributed by atoms with van der Waals surface area (Å²) in [6, 6.07) is 6.90. The Hall–Kier alpha value is -0.700. The first-order valence-electron chi connectivity index (χ1n) is 3.59. The van der Waals surface area contributed by atoms with Crippen LogP contribution >= 0.6 is 15.9 Å². The Balaban J connectivity index is 2.75. The molecule has 64 valence electrons. The van der Waals surface area contributed by atoms with Gasteiger partial charge in [0, 0.05) is 16.5 Å². The lowest BCUT2D eigenvalue weighted by Crippen LogP contribution is -1.98. The van der Waals surface area contributed by atoms with Gasteiger partial charge in [-0.3, -0.25) is 9.18 Å². The summed E-state index contributed by atoms with van der Waals surface area (Å²) in [5, 5.41) is 0. The van der Waals surface area contributed by atoms with Crippen molar-refractivity contribution >= 4 is 21.7 Å². The van der Waals surface area contributed by atoms with E-state index in [1.807, 2.05) is 0 Å². The van der Waals surface area contributed by atoms with Crippen LogP contribution in [0.3, 0.4) is 0 Å². The van der Waals surface area contributed by atoms with E-state index >= 15 is 0 Å². The summed E-state index contributed by atoms with van der Waals surface area (Å²) in [5.41, 5.74) is 0.566. The zero-order valence-electron chi connectivity index (χ0n) is 6.39. The molecule has 0 radical (unpaired) electrons. The molecular formula is C9H8BrFO. The molecule has 1 aromatic carbocycles. The van der Waals surface area contributed by atoms with E-state index in [2.05, 4.69) is 15.9 Å². The fourth-order valence-electron chi connectivity index (χ4n) is 0.866. The molecule has 0 aliphatic carbocycles. The molecule has 0 N–H and O–H groups in total. The number of carbonyl (C=O) groups excluding carboxylic acids is 1. The fraction of sp³-hybridized carbons (Fsp3) is 0.222. The van der Waals surface area contributed by atoms with E-state index in [9.17, 15) is 9.18 Å². The number of hydrogen-bond acceptors (Lipinski definition) is 1. The molecule has 3 heteroatoms. The average Bonchev–Trinajstić information content (AvgIpc) is 2.06. The normalized spacial score (nSPS) is 9.83. The molecule has 0 saturated heterocycles. The van der Waals surface area contributed by atoms with Gasteiger partial charge in [0.25, 0.3) is 0 Å². The Kier molecular flexibility index (Phi) is 3.41. The van der Waals surface area contributed by atoms with Gasteiger partial charge in [0.05, 0.1) is 6.67 Å². The van der Waals surface area contributed by atoms with Crippen molar-refractivity contribution in [3.8, 4) is 0 Å². The fourth-order valence-corrected chi connectivity index (χ4v) is 1.13. The number of ketones is 1. The molecule has 1 nitrogen and oxygen atoms in total. The first kappa shape index (κ1) is 9.39. The Bertz CT molecular complexity index is 268. The van der Waals surface area contributed by atoms with E-state index in [0.717, 1.165) is 4.47 Å². The highest BCUT2D eigenvalue weighted by molar-refractivity contribution is 9.10.